The second-order valence-electron chi connectivity index (χ2n) is 2.63. The van der Waals surface area contributed by atoms with Gasteiger partial charge in [-0.2, -0.15) is 0 Å². The second-order valence-corrected chi connectivity index (χ2v) is 3.52. The van der Waals surface area contributed by atoms with E-state index >= 15 is 0 Å². The zero-order valence-electron chi connectivity index (χ0n) is 7.19. The van der Waals surface area contributed by atoms with Crippen molar-refractivity contribution in [3.8, 4) is 0 Å². The van der Waals surface area contributed by atoms with E-state index in [2.05, 4.69) is 15.3 Å². The largest absolute Gasteiger partial charge is 0.316 e. The Balaban J connectivity index is 2.19. The van der Waals surface area contributed by atoms with Crippen LogP contribution in [0, 0.1) is 6.92 Å². The van der Waals surface area contributed by atoms with E-state index in [0.29, 0.717) is 0 Å². The molecule has 0 fully saturated rings. The van der Waals surface area contributed by atoms with Gasteiger partial charge >= 0.3 is 0 Å². The van der Waals surface area contributed by atoms with Gasteiger partial charge in [0.15, 0.2) is 5.13 Å². The smallest absolute Gasteiger partial charge is 0.188 e. The van der Waals surface area contributed by atoms with Crippen LogP contribution in [0.5, 0.6) is 0 Å². The maximum absolute atomic E-state index is 4.30. The number of rotatable bonds is 2. The molecule has 2 aromatic heterocycles. The van der Waals surface area contributed by atoms with Crippen molar-refractivity contribution in [2.24, 2.45) is 0 Å². The Labute approximate surface area is 80.5 Å². The molecule has 3 nitrogen and oxygen atoms in total. The molecular weight excluding hydrogens is 182 g/mol. The first-order valence-electron chi connectivity index (χ1n) is 3.95. The van der Waals surface area contributed by atoms with Crippen molar-refractivity contribution in [1.82, 2.24) is 9.97 Å². The van der Waals surface area contributed by atoms with Gasteiger partial charge in [0.2, 0.25) is 0 Å². The minimum atomic E-state index is 0.843. The molecule has 2 aromatic rings. The summed E-state index contributed by atoms with van der Waals surface area (Å²) in [6.45, 7) is 1.97. The van der Waals surface area contributed by atoms with Crippen molar-refractivity contribution in [2.75, 3.05) is 5.32 Å². The second kappa shape index (κ2) is 3.53. The summed E-state index contributed by atoms with van der Waals surface area (Å²) in [6, 6.07) is 5.86. The summed E-state index contributed by atoms with van der Waals surface area (Å²) in [5, 5.41) is 5.92. The van der Waals surface area contributed by atoms with Gasteiger partial charge in [-0.05, 0) is 19.1 Å². The van der Waals surface area contributed by atoms with Gasteiger partial charge in [-0.3, -0.25) is 0 Å². The Kier molecular flexibility index (Phi) is 2.23. The normalized spacial score (nSPS) is 9.92. The molecule has 2 rings (SSSR count). The van der Waals surface area contributed by atoms with Crippen LogP contribution < -0.4 is 5.32 Å². The van der Waals surface area contributed by atoms with Crippen LogP contribution in [0.4, 0.5) is 10.9 Å². The van der Waals surface area contributed by atoms with E-state index in [0.717, 1.165) is 16.6 Å². The molecule has 0 aromatic carbocycles. The predicted molar refractivity (Wildman–Crippen MR) is 54.4 cm³/mol. The third kappa shape index (κ3) is 2.03. The van der Waals surface area contributed by atoms with Crippen LogP contribution in [0.3, 0.4) is 0 Å². The number of anilines is 2. The number of hydrogen-bond acceptors (Lipinski definition) is 4. The Morgan fingerprint density at radius 1 is 1.38 bits per heavy atom. The Bertz CT molecular complexity index is 384. The summed E-state index contributed by atoms with van der Waals surface area (Å²) in [6.07, 6.45) is 1.77. The minimum absolute atomic E-state index is 0.843. The highest BCUT2D eigenvalue weighted by Crippen LogP contribution is 2.16. The molecule has 13 heavy (non-hydrogen) atoms. The lowest BCUT2D eigenvalue weighted by Crippen LogP contribution is -1.93. The lowest BCUT2D eigenvalue weighted by molar-refractivity contribution is 1.19. The van der Waals surface area contributed by atoms with Gasteiger partial charge in [-0.1, -0.05) is 6.07 Å². The number of thiazole rings is 1. The molecule has 0 atom stereocenters. The first kappa shape index (κ1) is 8.19. The van der Waals surface area contributed by atoms with E-state index in [1.165, 1.54) is 0 Å². The van der Waals surface area contributed by atoms with Crippen LogP contribution in [-0.2, 0) is 0 Å². The van der Waals surface area contributed by atoms with E-state index in [1.807, 2.05) is 30.5 Å². The molecule has 0 amide bonds. The van der Waals surface area contributed by atoms with Crippen molar-refractivity contribution in [2.45, 2.75) is 6.92 Å². The number of aryl methyl sites for hydroxylation is 1. The highest BCUT2D eigenvalue weighted by molar-refractivity contribution is 7.13. The molecule has 0 bridgehead atoms. The molecule has 0 radical (unpaired) electrons. The summed E-state index contributed by atoms with van der Waals surface area (Å²) in [7, 11) is 0. The zero-order valence-corrected chi connectivity index (χ0v) is 8.01. The highest BCUT2D eigenvalue weighted by Gasteiger charge is 1.96. The van der Waals surface area contributed by atoms with Crippen molar-refractivity contribution >= 4 is 22.3 Å². The van der Waals surface area contributed by atoms with Crippen molar-refractivity contribution in [3.63, 3.8) is 0 Å². The predicted octanol–water partition coefficient (Wildman–Crippen LogP) is 2.59. The van der Waals surface area contributed by atoms with Crippen LogP contribution in [0.2, 0.25) is 0 Å². The fourth-order valence-corrected chi connectivity index (χ4v) is 1.54. The molecule has 0 aliphatic rings. The average Bonchev–Trinajstić information content (AvgIpc) is 2.57. The summed E-state index contributed by atoms with van der Waals surface area (Å²) < 4.78 is 0. The summed E-state index contributed by atoms with van der Waals surface area (Å²) in [4.78, 5) is 8.41. The zero-order chi connectivity index (χ0) is 9.10. The van der Waals surface area contributed by atoms with Crippen LogP contribution in [0.25, 0.3) is 0 Å². The first-order chi connectivity index (χ1) is 6.34. The van der Waals surface area contributed by atoms with Crippen LogP contribution in [-0.4, -0.2) is 9.97 Å². The fraction of sp³-hybridized carbons (Fsp3) is 0.111. The Hall–Kier alpha value is -1.42. The molecule has 0 saturated carbocycles. The van der Waals surface area contributed by atoms with E-state index < -0.39 is 0 Å². The Morgan fingerprint density at radius 3 is 3.00 bits per heavy atom. The summed E-state index contributed by atoms with van der Waals surface area (Å²) in [5.41, 5.74) is 1.00. The molecule has 2 heterocycles. The monoisotopic (exact) mass is 191 g/mol. The van der Waals surface area contributed by atoms with Crippen molar-refractivity contribution < 1.29 is 0 Å². The van der Waals surface area contributed by atoms with Crippen molar-refractivity contribution in [1.29, 1.82) is 0 Å². The summed E-state index contributed by atoms with van der Waals surface area (Å²) >= 11 is 1.56. The van der Waals surface area contributed by atoms with Crippen LogP contribution in [0.15, 0.2) is 29.8 Å². The molecular formula is C9H9N3S. The van der Waals surface area contributed by atoms with Crippen LogP contribution in [0.1, 0.15) is 5.69 Å². The van der Waals surface area contributed by atoms with Gasteiger partial charge < -0.3 is 5.32 Å². The lowest BCUT2D eigenvalue weighted by atomic mass is 10.4. The number of hydrogen-bond donors (Lipinski definition) is 1. The molecule has 0 aliphatic carbocycles. The fourth-order valence-electron chi connectivity index (χ4n) is 1.01. The van der Waals surface area contributed by atoms with E-state index in [9.17, 15) is 0 Å². The minimum Gasteiger partial charge on any atom is -0.316 e. The van der Waals surface area contributed by atoms with Gasteiger partial charge in [0.1, 0.15) is 5.82 Å². The number of nitrogens with one attached hydrogen (secondary N) is 1. The van der Waals surface area contributed by atoms with Crippen LogP contribution >= 0.6 is 11.3 Å². The van der Waals surface area contributed by atoms with E-state index in [1.54, 1.807) is 17.5 Å². The highest BCUT2D eigenvalue weighted by atomic mass is 32.1. The summed E-state index contributed by atoms with van der Waals surface area (Å²) in [5.74, 6) is 0.843. The third-order valence-electron chi connectivity index (χ3n) is 1.56. The number of pyridine rings is 1. The standard InChI is InChI=1S/C9H9N3S/c1-7-3-2-4-8(11-7)12-9-10-5-6-13-9/h2-6H,1H3,(H,10,11,12). The lowest BCUT2D eigenvalue weighted by Gasteiger charge is -2.01. The SMILES string of the molecule is Cc1cccc(Nc2nccs2)n1. The quantitative estimate of drug-likeness (QED) is 0.792. The maximum atomic E-state index is 4.30. The van der Waals surface area contributed by atoms with Gasteiger partial charge in [-0.25, -0.2) is 9.97 Å². The molecule has 0 unspecified atom stereocenters. The van der Waals surface area contributed by atoms with Crippen molar-refractivity contribution in [3.05, 3.63) is 35.5 Å². The third-order valence-corrected chi connectivity index (χ3v) is 2.24. The molecule has 0 saturated heterocycles. The number of nitrogens with zero attached hydrogens (tertiary/aromatic N) is 2. The van der Waals surface area contributed by atoms with Gasteiger partial charge in [-0.15, -0.1) is 11.3 Å². The molecule has 0 aliphatic heterocycles. The topological polar surface area (TPSA) is 37.8 Å². The molecule has 1 N–H and O–H groups in total. The van der Waals surface area contributed by atoms with E-state index in [4.69, 9.17) is 0 Å². The Morgan fingerprint density at radius 2 is 2.31 bits per heavy atom. The average molecular weight is 191 g/mol. The van der Waals surface area contributed by atoms with Gasteiger partial charge in [0.05, 0.1) is 0 Å². The molecule has 4 heteroatoms. The van der Waals surface area contributed by atoms with E-state index in [-0.39, 0.29) is 0 Å². The first-order valence-corrected chi connectivity index (χ1v) is 4.83. The number of aromatic nitrogens is 2. The van der Waals surface area contributed by atoms with Gasteiger partial charge in [0, 0.05) is 17.3 Å². The molecule has 66 valence electrons. The molecule has 0 spiro atoms. The van der Waals surface area contributed by atoms with Gasteiger partial charge in [0.25, 0.3) is 0 Å². The maximum Gasteiger partial charge on any atom is 0.188 e.